The van der Waals surface area contributed by atoms with Crippen molar-refractivity contribution in [1.82, 2.24) is 9.80 Å². The Morgan fingerprint density at radius 3 is 2.43 bits per heavy atom. The molecule has 220 valence electrons. The highest BCUT2D eigenvalue weighted by molar-refractivity contribution is 8.02. The summed E-state index contributed by atoms with van der Waals surface area (Å²) < 4.78 is -0.861. The van der Waals surface area contributed by atoms with E-state index in [1.807, 2.05) is 71.7 Å². The van der Waals surface area contributed by atoms with Crippen molar-refractivity contribution in [2.75, 3.05) is 31.1 Å². The van der Waals surface area contributed by atoms with Crippen molar-refractivity contribution in [3.05, 3.63) is 89.5 Å². The third-order valence-corrected chi connectivity index (χ3v) is 11.0. The number of fused-ring (bicyclic) bond motifs is 2. The van der Waals surface area contributed by atoms with Crippen molar-refractivity contribution in [3.63, 3.8) is 0 Å². The van der Waals surface area contributed by atoms with Crippen LogP contribution in [-0.2, 0) is 20.9 Å². The minimum Gasteiger partial charge on any atom is -0.396 e. The van der Waals surface area contributed by atoms with E-state index in [1.165, 1.54) is 0 Å². The van der Waals surface area contributed by atoms with E-state index in [0.717, 1.165) is 24.8 Å². The van der Waals surface area contributed by atoms with Crippen LogP contribution < -0.4 is 4.90 Å². The molecule has 2 aromatic rings. The Morgan fingerprint density at radius 1 is 0.881 bits per heavy atom. The number of likely N-dealkylation sites (tertiary alicyclic amines) is 1. The first kappa shape index (κ1) is 29.0. The largest absolute Gasteiger partial charge is 0.396 e. The maximum Gasteiger partial charge on any atom is 0.251 e. The van der Waals surface area contributed by atoms with E-state index in [0.29, 0.717) is 43.3 Å². The number of aliphatic hydroxyl groups excluding tert-OH is 1. The molecule has 3 amide bonds. The normalized spacial score (nSPS) is 28.5. The highest BCUT2D eigenvalue weighted by Crippen LogP contribution is 2.61. The quantitative estimate of drug-likeness (QED) is 0.331. The fraction of sp³-hybridized carbons (Fsp3) is 0.424. The maximum atomic E-state index is 14.5. The average Bonchev–Trinajstić information content (AvgIpc) is 3.31. The number of nitrogens with zero attached hydrogens (tertiary/aromatic N) is 3. The van der Waals surface area contributed by atoms with Gasteiger partial charge in [-0.15, -0.1) is 11.8 Å². The first-order chi connectivity index (χ1) is 20.5. The Kier molecular flexibility index (Phi) is 8.48. The first-order valence-electron chi connectivity index (χ1n) is 14.8. The van der Waals surface area contributed by atoms with Gasteiger partial charge in [-0.05, 0) is 30.5 Å². The lowest BCUT2D eigenvalue weighted by molar-refractivity contribution is -0.143. The summed E-state index contributed by atoms with van der Waals surface area (Å²) in [5.41, 5.74) is 1.66. The molecular formula is C33H36ClN3O4S. The molecule has 1 unspecified atom stereocenters. The second-order valence-electron chi connectivity index (χ2n) is 11.4. The van der Waals surface area contributed by atoms with Crippen LogP contribution in [0, 0.1) is 11.8 Å². The van der Waals surface area contributed by atoms with Crippen molar-refractivity contribution in [3.8, 4) is 0 Å². The zero-order valence-corrected chi connectivity index (χ0v) is 25.1. The number of carbonyl (C=O) groups is 3. The molecule has 4 aliphatic rings. The first-order valence-corrected chi connectivity index (χ1v) is 16.0. The smallest absolute Gasteiger partial charge is 0.251 e. The molecule has 5 atom stereocenters. The van der Waals surface area contributed by atoms with Crippen LogP contribution in [0.25, 0.3) is 0 Å². The Bertz CT molecular complexity index is 1400. The lowest BCUT2D eigenvalue weighted by Crippen LogP contribution is -2.53. The van der Waals surface area contributed by atoms with Gasteiger partial charge in [0, 0.05) is 38.0 Å². The molecule has 0 aliphatic carbocycles. The highest BCUT2D eigenvalue weighted by atomic mass is 35.5. The number of hydrogen-bond acceptors (Lipinski definition) is 5. The average molecular weight is 606 g/mol. The zero-order chi connectivity index (χ0) is 29.3. The summed E-state index contributed by atoms with van der Waals surface area (Å²) in [7, 11) is 0. The molecule has 7 nitrogen and oxygen atoms in total. The van der Waals surface area contributed by atoms with Crippen LogP contribution in [0.1, 0.15) is 31.2 Å². The summed E-state index contributed by atoms with van der Waals surface area (Å²) in [6.45, 7) is 1.87. The van der Waals surface area contributed by atoms with Crippen molar-refractivity contribution >= 4 is 46.8 Å². The summed E-state index contributed by atoms with van der Waals surface area (Å²) >= 11 is 8.16. The molecule has 0 radical (unpaired) electrons. The number of amides is 3. The van der Waals surface area contributed by atoms with Gasteiger partial charge in [-0.3, -0.25) is 14.4 Å². The van der Waals surface area contributed by atoms with E-state index in [2.05, 4.69) is 6.08 Å². The lowest BCUT2D eigenvalue weighted by atomic mass is 9.78. The molecule has 1 N–H and O–H groups in total. The molecule has 6 rings (SSSR count). The van der Waals surface area contributed by atoms with Gasteiger partial charge in [0.25, 0.3) is 5.91 Å². The fourth-order valence-corrected chi connectivity index (χ4v) is 9.25. The van der Waals surface area contributed by atoms with Crippen LogP contribution in [0.2, 0.25) is 5.02 Å². The van der Waals surface area contributed by atoms with E-state index in [-0.39, 0.29) is 29.6 Å². The number of thioether (sulfide) groups is 1. The fourth-order valence-electron chi connectivity index (χ4n) is 7.01. The van der Waals surface area contributed by atoms with Crippen molar-refractivity contribution in [1.29, 1.82) is 0 Å². The van der Waals surface area contributed by atoms with Crippen molar-refractivity contribution < 1.29 is 19.5 Å². The van der Waals surface area contributed by atoms with Crippen molar-refractivity contribution in [2.24, 2.45) is 11.8 Å². The number of para-hydroxylation sites is 1. The number of benzene rings is 2. The molecule has 9 heteroatoms. The number of unbranched alkanes of at least 4 members (excludes halogenated alkanes) is 3. The number of rotatable bonds is 9. The monoisotopic (exact) mass is 605 g/mol. The second kappa shape index (κ2) is 12.3. The molecule has 2 aromatic carbocycles. The summed E-state index contributed by atoms with van der Waals surface area (Å²) in [4.78, 5) is 48.5. The molecule has 4 heterocycles. The molecule has 1 spiro atoms. The van der Waals surface area contributed by atoms with Gasteiger partial charge in [0.15, 0.2) is 0 Å². The summed E-state index contributed by atoms with van der Waals surface area (Å²) in [6.07, 6.45) is 11.3. The molecule has 0 bridgehead atoms. The predicted octanol–water partition coefficient (Wildman–Crippen LogP) is 4.69. The second-order valence-corrected chi connectivity index (χ2v) is 13.3. The number of halogens is 1. The van der Waals surface area contributed by atoms with E-state index in [1.54, 1.807) is 27.6 Å². The van der Waals surface area contributed by atoms with Crippen LogP contribution in [0.4, 0.5) is 5.69 Å². The third kappa shape index (κ3) is 5.07. The van der Waals surface area contributed by atoms with E-state index < -0.39 is 22.6 Å². The van der Waals surface area contributed by atoms with Crippen LogP contribution in [-0.4, -0.2) is 74.9 Å². The van der Waals surface area contributed by atoms with Gasteiger partial charge in [0.1, 0.15) is 6.04 Å². The maximum absolute atomic E-state index is 14.5. The topological polar surface area (TPSA) is 81.2 Å². The molecule has 2 saturated heterocycles. The summed E-state index contributed by atoms with van der Waals surface area (Å²) in [5, 5.41) is 9.48. The number of carbonyl (C=O) groups excluding carboxylic acids is 3. The zero-order valence-electron chi connectivity index (χ0n) is 23.5. The number of anilines is 1. The third-order valence-electron chi connectivity index (χ3n) is 8.91. The van der Waals surface area contributed by atoms with Crippen LogP contribution in [0.5, 0.6) is 0 Å². The molecule has 0 saturated carbocycles. The Morgan fingerprint density at radius 2 is 1.64 bits per heavy atom. The highest BCUT2D eigenvalue weighted by Gasteiger charge is 2.71. The SMILES string of the molecule is O=C1[C@@H]2[C@H](C=CCN1Cc1ccccc1)S[C@]13C=CCN(c4ccccc4Cl)C(=O)C1N(CCCCCCO)C(=O)[C@H]23. The summed E-state index contributed by atoms with van der Waals surface area (Å²) in [5.74, 6) is -1.52. The van der Waals surface area contributed by atoms with E-state index in [4.69, 9.17) is 11.6 Å². The molecule has 2 fully saturated rings. The van der Waals surface area contributed by atoms with Gasteiger partial charge in [-0.25, -0.2) is 0 Å². The molecule has 0 aromatic heterocycles. The predicted molar refractivity (Wildman–Crippen MR) is 166 cm³/mol. The Labute approximate surface area is 256 Å². The minimum atomic E-state index is -0.861. The van der Waals surface area contributed by atoms with Gasteiger partial charge < -0.3 is 19.8 Å². The standard InChI is InChI=1S/C33H36ClN3O4S/c34-24-14-6-7-15-25(24)36-20-11-17-33-28(31(40)37(29(33)32(36)41)19-8-1-2-9-21-38)27-26(42-33)16-10-18-35(30(27)39)22-23-12-4-3-5-13-23/h3-7,10-17,26-29,38H,1-2,8-9,18-22H2/t26-,27+,28-,29?,33-/m0/s1. The van der Waals surface area contributed by atoms with Gasteiger partial charge in [0.2, 0.25) is 11.8 Å². The van der Waals surface area contributed by atoms with Crippen LogP contribution in [0.3, 0.4) is 0 Å². The number of hydrogen-bond donors (Lipinski definition) is 1. The van der Waals surface area contributed by atoms with Gasteiger partial charge in [0.05, 0.1) is 27.3 Å². The van der Waals surface area contributed by atoms with Crippen LogP contribution in [0.15, 0.2) is 78.9 Å². The molecule has 42 heavy (non-hydrogen) atoms. The van der Waals surface area contributed by atoms with Crippen molar-refractivity contribution in [2.45, 2.75) is 48.3 Å². The number of aliphatic hydroxyl groups is 1. The van der Waals surface area contributed by atoms with E-state index >= 15 is 0 Å². The summed E-state index contributed by atoms with van der Waals surface area (Å²) in [6, 6.07) is 16.4. The lowest BCUT2D eigenvalue weighted by Gasteiger charge is -2.35. The minimum absolute atomic E-state index is 0.0341. The molecule has 4 aliphatic heterocycles. The van der Waals surface area contributed by atoms with Gasteiger partial charge in [-0.1, -0.05) is 91.2 Å². The van der Waals surface area contributed by atoms with Gasteiger partial charge >= 0.3 is 0 Å². The van der Waals surface area contributed by atoms with E-state index in [9.17, 15) is 19.5 Å². The van der Waals surface area contributed by atoms with Crippen LogP contribution >= 0.6 is 23.4 Å². The van der Waals surface area contributed by atoms with Gasteiger partial charge in [-0.2, -0.15) is 0 Å². The Balaban J connectivity index is 1.36. The Hall–Kier alpha value is -3.07. The molecular weight excluding hydrogens is 570 g/mol.